The molecule has 0 spiro atoms. The molecule has 0 saturated heterocycles. The molecule has 5 nitrogen and oxygen atoms in total. The molecule has 18 heavy (non-hydrogen) atoms. The maximum absolute atomic E-state index is 13.4. The molecule has 0 heterocycles. The number of nitro groups is 1. The molecule has 6 heteroatoms. The van der Waals surface area contributed by atoms with E-state index in [-0.39, 0.29) is 23.5 Å². The standard InChI is InChI=1S/C12H14FNO4/c1-4-11(15)7(2)8-5-12(18-3)9(13)6-10(8)14(16)17/h5-7H,4H2,1-3H3. The first-order valence-corrected chi connectivity index (χ1v) is 5.46. The summed E-state index contributed by atoms with van der Waals surface area (Å²) in [6, 6.07) is 2.00. The molecule has 1 atom stereocenters. The summed E-state index contributed by atoms with van der Waals surface area (Å²) >= 11 is 0. The van der Waals surface area contributed by atoms with Gasteiger partial charge in [-0.1, -0.05) is 13.8 Å². The first kappa shape index (κ1) is 14.1. The zero-order valence-corrected chi connectivity index (χ0v) is 10.4. The van der Waals surface area contributed by atoms with Crippen LogP contribution >= 0.6 is 0 Å². The zero-order chi connectivity index (χ0) is 13.9. The van der Waals surface area contributed by atoms with Crippen LogP contribution in [0.5, 0.6) is 5.75 Å². The van der Waals surface area contributed by atoms with Crippen LogP contribution in [0.2, 0.25) is 0 Å². The van der Waals surface area contributed by atoms with Gasteiger partial charge in [0.25, 0.3) is 5.69 Å². The number of rotatable bonds is 5. The molecule has 0 aliphatic heterocycles. The lowest BCUT2D eigenvalue weighted by atomic mass is 9.93. The van der Waals surface area contributed by atoms with Crippen molar-refractivity contribution in [3.05, 3.63) is 33.6 Å². The van der Waals surface area contributed by atoms with Crippen LogP contribution in [0.4, 0.5) is 10.1 Å². The first-order chi connectivity index (χ1) is 8.42. The molecule has 0 aliphatic rings. The maximum atomic E-state index is 13.4. The molecule has 0 fully saturated rings. The quantitative estimate of drug-likeness (QED) is 0.599. The van der Waals surface area contributed by atoms with Crippen molar-refractivity contribution in [2.45, 2.75) is 26.2 Å². The van der Waals surface area contributed by atoms with Gasteiger partial charge in [-0.2, -0.15) is 0 Å². The molecule has 0 radical (unpaired) electrons. The van der Waals surface area contributed by atoms with Crippen LogP contribution in [0.3, 0.4) is 0 Å². The van der Waals surface area contributed by atoms with Crippen LogP contribution in [0.15, 0.2) is 12.1 Å². The second-order valence-corrected chi connectivity index (χ2v) is 3.84. The fourth-order valence-corrected chi connectivity index (χ4v) is 1.70. The van der Waals surface area contributed by atoms with Gasteiger partial charge in [0.05, 0.1) is 18.1 Å². The van der Waals surface area contributed by atoms with Crippen LogP contribution in [-0.2, 0) is 4.79 Å². The minimum absolute atomic E-state index is 0.105. The molecule has 0 aliphatic carbocycles. The van der Waals surface area contributed by atoms with E-state index in [9.17, 15) is 19.3 Å². The van der Waals surface area contributed by atoms with Crippen molar-refractivity contribution < 1.29 is 18.8 Å². The lowest BCUT2D eigenvalue weighted by molar-refractivity contribution is -0.385. The van der Waals surface area contributed by atoms with Gasteiger partial charge in [-0.25, -0.2) is 4.39 Å². The number of ketones is 1. The van der Waals surface area contributed by atoms with Crippen molar-refractivity contribution in [1.29, 1.82) is 0 Å². The van der Waals surface area contributed by atoms with Gasteiger partial charge in [0.15, 0.2) is 11.6 Å². The van der Waals surface area contributed by atoms with Crippen LogP contribution in [0.1, 0.15) is 31.7 Å². The van der Waals surface area contributed by atoms with Gasteiger partial charge < -0.3 is 4.74 Å². The number of nitro benzene ring substituents is 1. The predicted octanol–water partition coefficient (Wildman–Crippen LogP) is 2.83. The number of nitrogens with zero attached hydrogens (tertiary/aromatic N) is 1. The topological polar surface area (TPSA) is 69.4 Å². The average Bonchev–Trinajstić information content (AvgIpc) is 2.36. The van der Waals surface area contributed by atoms with E-state index in [2.05, 4.69) is 0 Å². The van der Waals surface area contributed by atoms with E-state index in [4.69, 9.17) is 4.74 Å². The van der Waals surface area contributed by atoms with Crippen LogP contribution in [-0.4, -0.2) is 17.8 Å². The number of carbonyl (C=O) groups excluding carboxylic acids is 1. The molecule has 1 aromatic rings. The highest BCUT2D eigenvalue weighted by Gasteiger charge is 2.26. The third-order valence-corrected chi connectivity index (χ3v) is 2.80. The lowest BCUT2D eigenvalue weighted by Crippen LogP contribution is -2.10. The zero-order valence-electron chi connectivity index (χ0n) is 10.4. The van der Waals surface area contributed by atoms with E-state index in [1.54, 1.807) is 13.8 Å². The third-order valence-electron chi connectivity index (χ3n) is 2.80. The summed E-state index contributed by atoms with van der Waals surface area (Å²) in [5.74, 6) is -1.73. The maximum Gasteiger partial charge on any atom is 0.276 e. The second kappa shape index (κ2) is 5.57. The highest BCUT2D eigenvalue weighted by Crippen LogP contribution is 2.33. The predicted molar refractivity (Wildman–Crippen MR) is 63.3 cm³/mol. The first-order valence-electron chi connectivity index (χ1n) is 5.46. The number of Topliss-reactive ketones (excluding diaryl/α,β-unsaturated/α-hetero) is 1. The van der Waals surface area contributed by atoms with Crippen molar-refractivity contribution in [2.24, 2.45) is 0 Å². The van der Waals surface area contributed by atoms with Crippen molar-refractivity contribution in [2.75, 3.05) is 7.11 Å². The molecule has 0 bridgehead atoms. The Morgan fingerprint density at radius 2 is 2.17 bits per heavy atom. The highest BCUT2D eigenvalue weighted by atomic mass is 19.1. The summed E-state index contributed by atoms with van der Waals surface area (Å²) in [5.41, 5.74) is -0.229. The number of methoxy groups -OCH3 is 1. The van der Waals surface area contributed by atoms with E-state index >= 15 is 0 Å². The molecule has 0 saturated carbocycles. The SMILES string of the molecule is CCC(=O)C(C)c1cc(OC)c(F)cc1[N+](=O)[O-]. The largest absolute Gasteiger partial charge is 0.494 e. The monoisotopic (exact) mass is 255 g/mol. The normalized spacial score (nSPS) is 12.0. The number of benzene rings is 1. The van der Waals surface area contributed by atoms with E-state index in [0.717, 1.165) is 6.07 Å². The van der Waals surface area contributed by atoms with Crippen molar-refractivity contribution >= 4 is 11.5 Å². The van der Waals surface area contributed by atoms with E-state index < -0.39 is 22.3 Å². The molecule has 0 amide bonds. The molecule has 0 aromatic heterocycles. The van der Waals surface area contributed by atoms with E-state index in [0.29, 0.717) is 0 Å². The molecule has 1 unspecified atom stereocenters. The average molecular weight is 255 g/mol. The van der Waals surface area contributed by atoms with Crippen molar-refractivity contribution in [3.63, 3.8) is 0 Å². The molecule has 0 N–H and O–H groups in total. The van der Waals surface area contributed by atoms with Gasteiger partial charge in [0.2, 0.25) is 0 Å². The third kappa shape index (κ3) is 2.64. The Kier molecular flexibility index (Phi) is 4.36. The van der Waals surface area contributed by atoms with Gasteiger partial charge >= 0.3 is 0 Å². The van der Waals surface area contributed by atoms with Crippen molar-refractivity contribution in [3.8, 4) is 5.75 Å². The molecule has 1 aromatic carbocycles. The van der Waals surface area contributed by atoms with Crippen LogP contribution < -0.4 is 4.74 Å². The molecular weight excluding hydrogens is 241 g/mol. The van der Waals surface area contributed by atoms with Gasteiger partial charge in [-0.3, -0.25) is 14.9 Å². The summed E-state index contributed by atoms with van der Waals surface area (Å²) in [6.07, 6.45) is 0.262. The van der Waals surface area contributed by atoms with Gasteiger partial charge in [0, 0.05) is 17.9 Å². The van der Waals surface area contributed by atoms with E-state index in [1.165, 1.54) is 13.2 Å². The van der Waals surface area contributed by atoms with Gasteiger partial charge in [-0.05, 0) is 6.07 Å². The minimum Gasteiger partial charge on any atom is -0.494 e. The Morgan fingerprint density at radius 1 is 1.56 bits per heavy atom. The smallest absolute Gasteiger partial charge is 0.276 e. The van der Waals surface area contributed by atoms with Crippen LogP contribution in [0, 0.1) is 15.9 Å². The minimum atomic E-state index is -0.816. The summed E-state index contributed by atoms with van der Waals surface area (Å²) in [5, 5.41) is 10.9. The fourth-order valence-electron chi connectivity index (χ4n) is 1.70. The Hall–Kier alpha value is -1.98. The molecule has 98 valence electrons. The highest BCUT2D eigenvalue weighted by molar-refractivity contribution is 5.86. The summed E-state index contributed by atoms with van der Waals surface area (Å²) < 4.78 is 18.2. The Balaban J connectivity index is 3.39. The number of ether oxygens (including phenoxy) is 1. The fraction of sp³-hybridized carbons (Fsp3) is 0.417. The number of hydrogen-bond acceptors (Lipinski definition) is 4. The molecule has 1 rings (SSSR count). The number of carbonyl (C=O) groups is 1. The summed E-state index contributed by atoms with van der Waals surface area (Å²) in [6.45, 7) is 3.23. The number of hydrogen-bond donors (Lipinski definition) is 0. The van der Waals surface area contributed by atoms with Crippen LogP contribution in [0.25, 0.3) is 0 Å². The van der Waals surface area contributed by atoms with E-state index in [1.807, 2.05) is 0 Å². The lowest BCUT2D eigenvalue weighted by Gasteiger charge is -2.12. The summed E-state index contributed by atoms with van der Waals surface area (Å²) in [7, 11) is 1.26. The Bertz CT molecular complexity index is 487. The summed E-state index contributed by atoms with van der Waals surface area (Å²) in [4.78, 5) is 21.8. The Labute approximate surface area is 104 Å². The Morgan fingerprint density at radius 3 is 2.61 bits per heavy atom. The van der Waals surface area contributed by atoms with Crippen molar-refractivity contribution in [1.82, 2.24) is 0 Å². The number of halogens is 1. The second-order valence-electron chi connectivity index (χ2n) is 3.84. The van der Waals surface area contributed by atoms with Gasteiger partial charge in [-0.15, -0.1) is 0 Å². The molecular formula is C12H14FNO4. The van der Waals surface area contributed by atoms with Gasteiger partial charge in [0.1, 0.15) is 5.78 Å².